The van der Waals surface area contributed by atoms with Crippen LogP contribution in [0.25, 0.3) is 0 Å². The van der Waals surface area contributed by atoms with Crippen LogP contribution < -0.4 is 0 Å². The van der Waals surface area contributed by atoms with Crippen LogP contribution in [0.5, 0.6) is 0 Å². The first-order chi connectivity index (χ1) is 15.6. The van der Waals surface area contributed by atoms with Crippen molar-refractivity contribution in [3.8, 4) is 0 Å². The second-order valence-corrected chi connectivity index (χ2v) is 7.93. The van der Waals surface area contributed by atoms with E-state index in [0.717, 1.165) is 18.2 Å². The molecular weight excluding hydrogens is 606 g/mol. The minimum atomic E-state index is -8.74. The summed E-state index contributed by atoms with van der Waals surface area (Å²) in [5.41, 5.74) is 0. The Hall–Kier alpha value is -1.48. The van der Waals surface area contributed by atoms with E-state index in [-0.39, 0.29) is 29.6 Å². The van der Waals surface area contributed by atoms with Crippen molar-refractivity contribution < 1.29 is 87.2 Å². The zero-order valence-corrected chi connectivity index (χ0v) is 16.8. The van der Waals surface area contributed by atoms with Crippen molar-refractivity contribution in [1.29, 1.82) is 0 Å². The quantitative estimate of drug-likeness (QED) is 0.144. The Morgan fingerprint density at radius 3 is 1.32 bits per heavy atom. The summed E-state index contributed by atoms with van der Waals surface area (Å²) in [6.45, 7) is 0. The van der Waals surface area contributed by atoms with Gasteiger partial charge >= 0.3 is 87.4 Å². The molecule has 22 heteroatoms. The molecule has 1 aromatic carbocycles. The Kier molecular flexibility index (Phi) is 9.84. The SMILES string of the molecule is O=S(=O)(OC(F)=C(F)C(F)(F)C(F)(F)C(F)(F)C(F)(F)C(F)(F)C(F)(F)C(F)(F)F)c1ccccc1.[NaH]. The second kappa shape index (κ2) is 10.2. The molecule has 0 aliphatic heterocycles. The average Bonchev–Trinajstić information content (AvgIpc) is 2.71. The van der Waals surface area contributed by atoms with Crippen LogP contribution in [-0.4, -0.2) is 79.7 Å². The van der Waals surface area contributed by atoms with Crippen LogP contribution in [0.1, 0.15) is 0 Å². The van der Waals surface area contributed by atoms with E-state index in [1.807, 2.05) is 0 Å². The van der Waals surface area contributed by atoms with Gasteiger partial charge in [0.1, 0.15) is 4.90 Å². The third-order valence-electron chi connectivity index (χ3n) is 3.99. The van der Waals surface area contributed by atoms with Gasteiger partial charge < -0.3 is 4.18 Å². The van der Waals surface area contributed by atoms with Crippen molar-refractivity contribution >= 4 is 39.7 Å². The fourth-order valence-electron chi connectivity index (χ4n) is 2.00. The summed E-state index contributed by atoms with van der Waals surface area (Å²) in [4.78, 5) is -1.23. The third-order valence-corrected chi connectivity index (χ3v) is 5.21. The Balaban J connectivity index is 0.0000130. The third kappa shape index (κ3) is 5.49. The number of halogens is 17. The molecule has 210 valence electrons. The van der Waals surface area contributed by atoms with Crippen molar-refractivity contribution in [1.82, 2.24) is 0 Å². The van der Waals surface area contributed by atoms with E-state index >= 15 is 0 Å². The molecular formula is C15H6F17NaO3S. The molecule has 0 aliphatic carbocycles. The normalized spacial score (nSPS) is 15.6. The number of rotatable bonds is 9. The van der Waals surface area contributed by atoms with Gasteiger partial charge in [0.05, 0.1) is 0 Å². The molecule has 0 bridgehead atoms. The van der Waals surface area contributed by atoms with E-state index in [4.69, 9.17) is 0 Å². The fourth-order valence-corrected chi connectivity index (χ4v) is 2.85. The molecule has 3 nitrogen and oxygen atoms in total. The van der Waals surface area contributed by atoms with Crippen LogP contribution in [0, 0.1) is 0 Å². The van der Waals surface area contributed by atoms with Gasteiger partial charge in [-0.15, -0.1) is 0 Å². The molecule has 0 saturated carbocycles. The summed E-state index contributed by atoms with van der Waals surface area (Å²) in [5.74, 6) is -55.3. The van der Waals surface area contributed by atoms with Gasteiger partial charge in [0.25, 0.3) is 0 Å². The van der Waals surface area contributed by atoms with Gasteiger partial charge in [0.2, 0.25) is 5.83 Å². The van der Waals surface area contributed by atoms with Crippen LogP contribution in [0.2, 0.25) is 0 Å². The first kappa shape index (κ1) is 35.5. The number of hydrogen-bond acceptors (Lipinski definition) is 3. The first-order valence-corrected chi connectivity index (χ1v) is 9.44. The van der Waals surface area contributed by atoms with E-state index < -0.39 is 68.6 Å². The van der Waals surface area contributed by atoms with Crippen LogP contribution in [0.3, 0.4) is 0 Å². The van der Waals surface area contributed by atoms with Gasteiger partial charge in [-0.3, -0.25) is 0 Å². The zero-order chi connectivity index (χ0) is 29.0. The van der Waals surface area contributed by atoms with Gasteiger partial charge in [0, 0.05) is 0 Å². The number of allylic oxidation sites excluding steroid dienone is 1. The molecule has 0 aliphatic rings. The van der Waals surface area contributed by atoms with E-state index in [1.165, 1.54) is 0 Å². The molecule has 0 radical (unpaired) electrons. The Morgan fingerprint density at radius 2 is 0.946 bits per heavy atom. The second-order valence-electron chi connectivity index (χ2n) is 6.38. The van der Waals surface area contributed by atoms with Crippen LogP contribution in [0.15, 0.2) is 47.1 Å². The topological polar surface area (TPSA) is 43.4 Å². The van der Waals surface area contributed by atoms with Gasteiger partial charge in [-0.2, -0.15) is 83.1 Å². The average molecular weight is 612 g/mol. The zero-order valence-electron chi connectivity index (χ0n) is 15.9. The maximum absolute atomic E-state index is 13.6. The van der Waals surface area contributed by atoms with Gasteiger partial charge in [-0.1, -0.05) is 18.2 Å². The van der Waals surface area contributed by atoms with Crippen molar-refractivity contribution in [3.05, 3.63) is 42.2 Å². The number of alkyl halides is 15. The molecule has 0 atom stereocenters. The van der Waals surface area contributed by atoms with Crippen molar-refractivity contribution in [2.24, 2.45) is 0 Å². The predicted molar refractivity (Wildman–Crippen MR) is 86.8 cm³/mol. The van der Waals surface area contributed by atoms with Crippen LogP contribution in [0.4, 0.5) is 74.6 Å². The van der Waals surface area contributed by atoms with Crippen LogP contribution >= 0.6 is 0 Å². The summed E-state index contributed by atoms with van der Waals surface area (Å²) < 4.78 is 249. The Labute approximate surface area is 215 Å². The summed E-state index contributed by atoms with van der Waals surface area (Å²) in [7, 11) is -5.76. The Bertz CT molecular complexity index is 1100. The van der Waals surface area contributed by atoms with Gasteiger partial charge in [-0.25, -0.2) is 0 Å². The predicted octanol–water partition coefficient (Wildman–Crippen LogP) is 6.23. The first-order valence-electron chi connectivity index (χ1n) is 8.03. The van der Waals surface area contributed by atoms with Crippen molar-refractivity contribution in [3.63, 3.8) is 0 Å². The summed E-state index contributed by atoms with van der Waals surface area (Å²) in [6.07, 6.45) is -7.84. The minimum absolute atomic E-state index is 0. The summed E-state index contributed by atoms with van der Waals surface area (Å²) >= 11 is 0. The molecule has 0 aromatic heterocycles. The Morgan fingerprint density at radius 1 is 0.595 bits per heavy atom. The molecule has 0 N–H and O–H groups in total. The monoisotopic (exact) mass is 612 g/mol. The molecule has 1 aromatic rings. The molecule has 0 fully saturated rings. The molecule has 0 unspecified atom stereocenters. The van der Waals surface area contributed by atoms with Gasteiger partial charge in [0.15, 0.2) is 0 Å². The maximum atomic E-state index is 13.6. The molecule has 1 rings (SSSR count). The number of benzene rings is 1. The van der Waals surface area contributed by atoms with Crippen LogP contribution in [-0.2, 0) is 14.3 Å². The summed E-state index contributed by atoms with van der Waals surface area (Å²) in [6, 6.07) is -0.362. The fraction of sp³-hybridized carbons (Fsp3) is 0.467. The molecule has 37 heavy (non-hydrogen) atoms. The molecule has 0 saturated heterocycles. The van der Waals surface area contributed by atoms with E-state index in [9.17, 15) is 83.1 Å². The van der Waals surface area contributed by atoms with E-state index in [0.29, 0.717) is 12.1 Å². The number of hydrogen-bond donors (Lipinski definition) is 0. The van der Waals surface area contributed by atoms with E-state index in [2.05, 4.69) is 4.18 Å². The molecule has 0 spiro atoms. The standard InChI is InChI=1S/C15H5F17O3S.Na.H/c16-7(8(17)35-36(33,34)6-4-2-1-3-5-6)9(18,19)10(20,21)11(22,23)12(24,25)13(26,27)14(28,29)15(30,31)32;;/h1-5H;;. The van der Waals surface area contributed by atoms with Crippen molar-refractivity contribution in [2.75, 3.05) is 0 Å². The molecule has 0 amide bonds. The van der Waals surface area contributed by atoms with Crippen molar-refractivity contribution in [2.45, 2.75) is 46.6 Å². The van der Waals surface area contributed by atoms with E-state index in [1.54, 1.807) is 0 Å². The van der Waals surface area contributed by atoms with Gasteiger partial charge in [-0.05, 0) is 12.1 Å². The summed E-state index contributed by atoms with van der Waals surface area (Å²) in [5, 5.41) is 0. The molecule has 0 heterocycles.